The lowest BCUT2D eigenvalue weighted by Crippen LogP contribution is -2.44. The van der Waals surface area contributed by atoms with Crippen molar-refractivity contribution in [2.45, 2.75) is 65.9 Å². The van der Waals surface area contributed by atoms with E-state index in [2.05, 4.69) is 29.5 Å². The maximum Gasteiger partial charge on any atom is 0.410 e. The molecule has 1 fully saturated rings. The Morgan fingerprint density at radius 3 is 2.83 bits per heavy atom. The number of aliphatic imine (C=N–C) groups is 1. The van der Waals surface area contributed by atoms with E-state index in [1.54, 1.807) is 11.3 Å². The Morgan fingerprint density at radius 2 is 2.17 bits per heavy atom. The molecule has 1 saturated heterocycles. The number of hydrogen-bond donors (Lipinski definition) is 2. The molecule has 0 aromatic carbocycles. The van der Waals surface area contributed by atoms with Crippen LogP contribution in [-0.4, -0.2) is 60.3 Å². The molecule has 2 N–H and O–H groups in total. The van der Waals surface area contributed by atoms with Crippen molar-refractivity contribution in [3.8, 4) is 0 Å². The lowest BCUT2D eigenvalue weighted by atomic mass is 9.98. The zero-order valence-corrected chi connectivity index (χ0v) is 19.4. The van der Waals surface area contributed by atoms with E-state index < -0.39 is 5.60 Å². The Balaban J connectivity index is 1.82. The van der Waals surface area contributed by atoms with Crippen LogP contribution < -0.4 is 10.6 Å². The summed E-state index contributed by atoms with van der Waals surface area (Å²) in [5.74, 6) is 1.19. The average Bonchev–Trinajstić information content (AvgIpc) is 3.13. The van der Waals surface area contributed by atoms with Crippen LogP contribution in [0.3, 0.4) is 0 Å². The number of rotatable bonds is 7. The first kappa shape index (κ1) is 23.4. The van der Waals surface area contributed by atoms with Crippen LogP contribution in [0.4, 0.5) is 4.79 Å². The minimum atomic E-state index is -0.459. The van der Waals surface area contributed by atoms with Gasteiger partial charge in [-0.25, -0.2) is 9.78 Å². The summed E-state index contributed by atoms with van der Waals surface area (Å²) in [7, 11) is 0. The van der Waals surface area contributed by atoms with Crippen LogP contribution in [0.15, 0.2) is 11.2 Å². The van der Waals surface area contributed by atoms with Crippen molar-refractivity contribution in [1.29, 1.82) is 0 Å². The van der Waals surface area contributed by atoms with Gasteiger partial charge in [-0.1, -0.05) is 6.92 Å². The summed E-state index contributed by atoms with van der Waals surface area (Å²) in [6.07, 6.45) is 5.76. The Kier molecular flexibility index (Phi) is 9.20. The molecule has 8 heteroatoms. The number of hydrogen-bond acceptors (Lipinski definition) is 5. The van der Waals surface area contributed by atoms with E-state index in [1.807, 2.05) is 31.9 Å². The number of aromatic nitrogens is 1. The second-order valence-electron chi connectivity index (χ2n) is 8.40. The molecule has 1 aliphatic heterocycles. The minimum absolute atomic E-state index is 0.217. The zero-order chi connectivity index (χ0) is 21.3. The highest BCUT2D eigenvalue weighted by atomic mass is 32.1. The molecule has 1 atom stereocenters. The maximum absolute atomic E-state index is 12.3. The van der Waals surface area contributed by atoms with Crippen LogP contribution in [0, 0.1) is 5.92 Å². The standard InChI is InChI=1S/C21H37N5O2S/c1-6-17-14-24-18(29-17)10-11-23-19(22-7-2)25-13-16-9-8-12-26(15-16)20(27)28-21(3,4)5/h14,16H,6-13,15H2,1-5H3,(H2,22,23,25). The first-order chi connectivity index (χ1) is 13.8. The predicted octanol–water partition coefficient (Wildman–Crippen LogP) is 3.45. The topological polar surface area (TPSA) is 78.9 Å². The number of carbonyl (C=O) groups excluding carboxylic acids is 1. The maximum atomic E-state index is 12.3. The van der Waals surface area contributed by atoms with Crippen molar-refractivity contribution in [1.82, 2.24) is 20.5 Å². The van der Waals surface area contributed by atoms with Gasteiger partial charge in [-0.2, -0.15) is 0 Å². The SMILES string of the molecule is CCNC(=NCC1CCCN(C(=O)OC(C)(C)C)C1)NCCc1ncc(CC)s1. The molecule has 0 aliphatic carbocycles. The van der Waals surface area contributed by atoms with Gasteiger partial charge in [0.1, 0.15) is 5.60 Å². The number of likely N-dealkylation sites (tertiary alicyclic amines) is 1. The van der Waals surface area contributed by atoms with Crippen molar-refractivity contribution in [2.24, 2.45) is 10.9 Å². The summed E-state index contributed by atoms with van der Waals surface area (Å²) in [6.45, 7) is 13.7. The van der Waals surface area contributed by atoms with Crippen molar-refractivity contribution in [3.05, 3.63) is 16.1 Å². The van der Waals surface area contributed by atoms with Crippen molar-refractivity contribution in [2.75, 3.05) is 32.7 Å². The van der Waals surface area contributed by atoms with E-state index in [4.69, 9.17) is 9.73 Å². The highest BCUT2D eigenvalue weighted by Gasteiger charge is 2.27. The summed E-state index contributed by atoms with van der Waals surface area (Å²) >= 11 is 1.78. The molecular weight excluding hydrogens is 386 g/mol. The molecule has 0 bridgehead atoms. The number of amides is 1. The number of aryl methyl sites for hydroxylation is 1. The van der Waals surface area contributed by atoms with Crippen LogP contribution in [0.5, 0.6) is 0 Å². The van der Waals surface area contributed by atoms with Crippen LogP contribution in [0.2, 0.25) is 0 Å². The number of carbonyl (C=O) groups is 1. The third-order valence-corrected chi connectivity index (χ3v) is 5.81. The van der Waals surface area contributed by atoms with E-state index in [0.29, 0.717) is 19.0 Å². The number of thiazole rings is 1. The summed E-state index contributed by atoms with van der Waals surface area (Å²) < 4.78 is 5.52. The third kappa shape index (κ3) is 8.60. The summed E-state index contributed by atoms with van der Waals surface area (Å²) in [5.41, 5.74) is -0.459. The van der Waals surface area contributed by atoms with Gasteiger partial charge in [-0.05, 0) is 52.9 Å². The number of nitrogens with zero attached hydrogens (tertiary/aromatic N) is 3. The van der Waals surface area contributed by atoms with Gasteiger partial charge in [0.05, 0.1) is 5.01 Å². The number of piperidine rings is 1. The lowest BCUT2D eigenvalue weighted by Gasteiger charge is -2.33. The summed E-state index contributed by atoms with van der Waals surface area (Å²) in [6, 6.07) is 0. The molecular formula is C21H37N5O2S. The molecule has 7 nitrogen and oxygen atoms in total. The number of ether oxygens (including phenoxy) is 1. The molecule has 29 heavy (non-hydrogen) atoms. The number of guanidine groups is 1. The third-order valence-electron chi connectivity index (χ3n) is 4.60. The van der Waals surface area contributed by atoms with Gasteiger partial charge >= 0.3 is 6.09 Å². The number of nitrogens with one attached hydrogen (secondary N) is 2. The monoisotopic (exact) mass is 423 g/mol. The molecule has 2 rings (SSSR count). The second-order valence-corrected chi connectivity index (χ2v) is 9.60. The van der Waals surface area contributed by atoms with Gasteiger partial charge in [0, 0.05) is 50.2 Å². The molecule has 1 aliphatic rings. The average molecular weight is 424 g/mol. The normalized spacial score (nSPS) is 17.9. The van der Waals surface area contributed by atoms with E-state index >= 15 is 0 Å². The molecule has 164 valence electrons. The minimum Gasteiger partial charge on any atom is -0.444 e. The lowest BCUT2D eigenvalue weighted by molar-refractivity contribution is 0.0170. The Morgan fingerprint density at radius 1 is 1.38 bits per heavy atom. The highest BCUT2D eigenvalue weighted by molar-refractivity contribution is 7.11. The summed E-state index contributed by atoms with van der Waals surface area (Å²) in [5, 5.41) is 7.87. The molecule has 1 unspecified atom stereocenters. The summed E-state index contributed by atoms with van der Waals surface area (Å²) in [4.78, 5) is 24.7. The smallest absolute Gasteiger partial charge is 0.410 e. The fraction of sp³-hybridized carbons (Fsp3) is 0.762. The van der Waals surface area contributed by atoms with E-state index in [-0.39, 0.29) is 6.09 Å². The van der Waals surface area contributed by atoms with Crippen LogP contribution in [0.25, 0.3) is 0 Å². The van der Waals surface area contributed by atoms with Gasteiger partial charge < -0.3 is 20.3 Å². The molecule has 2 heterocycles. The van der Waals surface area contributed by atoms with Crippen LogP contribution in [-0.2, 0) is 17.6 Å². The van der Waals surface area contributed by atoms with Crippen LogP contribution in [0.1, 0.15) is 57.3 Å². The predicted molar refractivity (Wildman–Crippen MR) is 120 cm³/mol. The Bertz CT molecular complexity index is 668. The molecule has 1 aromatic heterocycles. The first-order valence-corrected chi connectivity index (χ1v) is 11.6. The van der Waals surface area contributed by atoms with E-state index in [9.17, 15) is 4.79 Å². The molecule has 1 amide bonds. The zero-order valence-electron chi connectivity index (χ0n) is 18.6. The Labute approximate surface area is 179 Å². The van der Waals surface area contributed by atoms with Gasteiger partial charge in [-0.3, -0.25) is 4.99 Å². The van der Waals surface area contributed by atoms with Crippen molar-refractivity contribution < 1.29 is 9.53 Å². The van der Waals surface area contributed by atoms with Gasteiger partial charge in [0.15, 0.2) is 5.96 Å². The fourth-order valence-electron chi connectivity index (χ4n) is 3.18. The largest absolute Gasteiger partial charge is 0.444 e. The van der Waals surface area contributed by atoms with Crippen molar-refractivity contribution in [3.63, 3.8) is 0 Å². The van der Waals surface area contributed by atoms with E-state index in [0.717, 1.165) is 56.3 Å². The van der Waals surface area contributed by atoms with Gasteiger partial charge in [0.2, 0.25) is 0 Å². The quantitative estimate of drug-likeness (QED) is 0.519. The van der Waals surface area contributed by atoms with Crippen molar-refractivity contribution >= 4 is 23.4 Å². The molecule has 0 spiro atoms. The molecule has 0 radical (unpaired) electrons. The Hall–Kier alpha value is -1.83. The second kappa shape index (κ2) is 11.4. The fourth-order valence-corrected chi connectivity index (χ4v) is 4.05. The first-order valence-electron chi connectivity index (χ1n) is 10.7. The van der Waals surface area contributed by atoms with Crippen LogP contribution >= 0.6 is 11.3 Å². The van der Waals surface area contributed by atoms with Gasteiger partial charge in [-0.15, -0.1) is 11.3 Å². The highest BCUT2D eigenvalue weighted by Crippen LogP contribution is 2.19. The van der Waals surface area contributed by atoms with Gasteiger partial charge in [0.25, 0.3) is 0 Å². The molecule has 0 saturated carbocycles. The van der Waals surface area contributed by atoms with E-state index in [1.165, 1.54) is 4.88 Å². The molecule has 1 aromatic rings.